The third-order valence-electron chi connectivity index (χ3n) is 10.3. The van der Waals surface area contributed by atoms with Crippen LogP contribution in [0.25, 0.3) is 21.9 Å². The van der Waals surface area contributed by atoms with Gasteiger partial charge in [-0.05, 0) is 80.3 Å². The Labute approximate surface area is 254 Å². The van der Waals surface area contributed by atoms with Crippen LogP contribution in [0, 0.1) is 17.1 Å². The maximum Gasteiger partial charge on any atom is 0.215 e. The van der Waals surface area contributed by atoms with Gasteiger partial charge >= 0.3 is 0 Å². The minimum absolute atomic E-state index is 0.0772. The fraction of sp³-hybridized carbons (Fsp3) is 0.515. The highest BCUT2D eigenvalue weighted by molar-refractivity contribution is 6.32. The number of phenols is 1. The van der Waals surface area contributed by atoms with Crippen molar-refractivity contribution >= 4 is 28.2 Å². The molecule has 224 valence electrons. The Bertz CT molecular complexity index is 1660. The fourth-order valence-electron chi connectivity index (χ4n) is 8.20. The van der Waals surface area contributed by atoms with Crippen molar-refractivity contribution in [1.29, 1.82) is 5.26 Å². The summed E-state index contributed by atoms with van der Waals surface area (Å²) < 4.78 is 37.8. The topological polar surface area (TPSA) is 84.7 Å². The first-order valence-electron chi connectivity index (χ1n) is 15.4. The molecule has 2 bridgehead atoms. The highest BCUT2D eigenvalue weighted by Crippen LogP contribution is 2.51. The Hall–Kier alpha value is -3.19. The number of rotatable bonds is 6. The van der Waals surface area contributed by atoms with Gasteiger partial charge in [0, 0.05) is 65.6 Å². The van der Waals surface area contributed by atoms with Gasteiger partial charge in [0.25, 0.3) is 0 Å². The molecule has 4 saturated heterocycles. The van der Waals surface area contributed by atoms with Crippen LogP contribution >= 0.6 is 11.6 Å². The van der Waals surface area contributed by atoms with Gasteiger partial charge in [-0.25, -0.2) is 8.78 Å². The maximum absolute atomic E-state index is 17.0. The molecule has 5 heterocycles. The molecule has 0 radical (unpaired) electrons. The summed E-state index contributed by atoms with van der Waals surface area (Å²) in [5, 5.41) is 25.6. The summed E-state index contributed by atoms with van der Waals surface area (Å²) in [7, 11) is 0. The lowest BCUT2D eigenvalue weighted by Crippen LogP contribution is -2.51. The summed E-state index contributed by atoms with van der Waals surface area (Å²) >= 11 is 6.59. The van der Waals surface area contributed by atoms with Crippen LogP contribution in [0.2, 0.25) is 5.02 Å². The highest BCUT2D eigenvalue weighted by Gasteiger charge is 2.49. The van der Waals surface area contributed by atoms with E-state index in [1.54, 1.807) is 12.1 Å². The fourth-order valence-corrected chi connectivity index (χ4v) is 8.57. The van der Waals surface area contributed by atoms with E-state index in [1.165, 1.54) is 12.1 Å². The predicted octanol–water partition coefficient (Wildman–Crippen LogP) is 6.04. The van der Waals surface area contributed by atoms with Crippen molar-refractivity contribution in [3.8, 4) is 28.8 Å². The zero-order valence-electron chi connectivity index (χ0n) is 23.9. The number of benzene rings is 2. The van der Waals surface area contributed by atoms with E-state index in [1.807, 2.05) is 0 Å². The normalized spacial score (nSPS) is 28.4. The molecule has 7 nitrogen and oxygen atoms in total. The summed E-state index contributed by atoms with van der Waals surface area (Å²) in [5.74, 6) is 0.413. The van der Waals surface area contributed by atoms with Crippen LogP contribution in [0.1, 0.15) is 62.0 Å². The van der Waals surface area contributed by atoms with E-state index < -0.39 is 12.0 Å². The number of hydrogen-bond donors (Lipinski definition) is 2. The lowest BCUT2D eigenvalue weighted by atomic mass is 9.90. The lowest BCUT2D eigenvalue weighted by Gasteiger charge is -2.35. The number of hydrogen-bond acceptors (Lipinski definition) is 7. The molecule has 3 aromatic rings. The Balaban J connectivity index is 1.28. The zero-order chi connectivity index (χ0) is 29.5. The third-order valence-corrected chi connectivity index (χ3v) is 10.6. The number of nitriles is 1. The Morgan fingerprint density at radius 2 is 1.91 bits per heavy atom. The molecular weight excluding hydrogens is 572 g/mol. The molecule has 5 aliphatic rings. The maximum atomic E-state index is 17.0. The minimum Gasteiger partial charge on any atom is -0.508 e. The molecule has 5 fully saturated rings. The van der Waals surface area contributed by atoms with Gasteiger partial charge in [0.15, 0.2) is 0 Å². The second-order valence-corrected chi connectivity index (χ2v) is 13.6. The first-order chi connectivity index (χ1) is 20.8. The molecule has 43 heavy (non-hydrogen) atoms. The van der Waals surface area contributed by atoms with Crippen LogP contribution in [-0.2, 0) is 0 Å². The molecule has 2 N–H and O–H groups in total. The van der Waals surface area contributed by atoms with Crippen LogP contribution in [0.5, 0.6) is 11.6 Å². The van der Waals surface area contributed by atoms with Gasteiger partial charge in [0.1, 0.15) is 30.2 Å². The van der Waals surface area contributed by atoms with Gasteiger partial charge in [-0.2, -0.15) is 10.2 Å². The average Bonchev–Trinajstić information content (AvgIpc) is 3.55. The molecule has 4 atom stereocenters. The second kappa shape index (κ2) is 10.2. The van der Waals surface area contributed by atoms with Crippen LogP contribution in [0.4, 0.5) is 14.6 Å². The van der Waals surface area contributed by atoms with Crippen LogP contribution in [-0.4, -0.2) is 71.6 Å². The first-order valence-corrected chi connectivity index (χ1v) is 15.8. The van der Waals surface area contributed by atoms with E-state index in [2.05, 4.69) is 21.2 Å². The number of pyridine rings is 1. The number of anilines is 1. The molecule has 10 heteroatoms. The van der Waals surface area contributed by atoms with Crippen LogP contribution < -0.4 is 15.0 Å². The van der Waals surface area contributed by atoms with E-state index in [4.69, 9.17) is 21.3 Å². The predicted molar refractivity (Wildman–Crippen MR) is 161 cm³/mol. The number of aromatic hydroxyl groups is 1. The molecule has 8 rings (SSSR count). The SMILES string of the molecule is N#Cc1cc2c(N3CC4CCC(C3)N4)nc(OC[C@@]34CCCN3C[C@H](F)C4)cc2c(F)c1-c1cc(O)cc(Cl)c1C1CC1. The van der Waals surface area contributed by atoms with Gasteiger partial charge in [-0.15, -0.1) is 0 Å². The van der Waals surface area contributed by atoms with Gasteiger partial charge in [0.2, 0.25) is 5.88 Å². The number of nitrogens with zero attached hydrogens (tertiary/aromatic N) is 4. The van der Waals surface area contributed by atoms with Crippen molar-refractivity contribution in [2.75, 3.05) is 37.7 Å². The number of phenolic OH excluding ortho intramolecular Hbond substituents is 1. The number of piperazine rings is 1. The monoisotopic (exact) mass is 605 g/mol. The number of alkyl halides is 1. The average molecular weight is 606 g/mol. The number of halogens is 3. The van der Waals surface area contributed by atoms with Crippen molar-refractivity contribution < 1.29 is 18.6 Å². The summed E-state index contributed by atoms with van der Waals surface area (Å²) in [6.07, 6.45) is 5.40. The summed E-state index contributed by atoms with van der Waals surface area (Å²) in [4.78, 5) is 9.32. The highest BCUT2D eigenvalue weighted by atomic mass is 35.5. The van der Waals surface area contributed by atoms with E-state index in [-0.39, 0.29) is 34.9 Å². The molecule has 0 amide bonds. The summed E-state index contributed by atoms with van der Waals surface area (Å²) in [6, 6.07) is 9.20. The Kier molecular flexibility index (Phi) is 6.48. The zero-order valence-corrected chi connectivity index (χ0v) is 24.6. The van der Waals surface area contributed by atoms with Crippen molar-refractivity contribution in [1.82, 2.24) is 15.2 Å². The number of fused-ring (bicyclic) bond motifs is 4. The second-order valence-electron chi connectivity index (χ2n) is 13.2. The summed E-state index contributed by atoms with van der Waals surface area (Å²) in [6.45, 7) is 3.02. The lowest BCUT2D eigenvalue weighted by molar-refractivity contribution is 0.111. The molecule has 0 spiro atoms. The van der Waals surface area contributed by atoms with Crippen molar-refractivity contribution in [2.24, 2.45) is 0 Å². The summed E-state index contributed by atoms with van der Waals surface area (Å²) in [5.41, 5.74) is 1.15. The molecule has 1 saturated carbocycles. The Morgan fingerprint density at radius 3 is 2.65 bits per heavy atom. The number of ether oxygens (including phenoxy) is 1. The molecule has 1 aliphatic carbocycles. The quantitative estimate of drug-likeness (QED) is 0.354. The number of nitrogens with one attached hydrogen (secondary N) is 1. The number of aromatic nitrogens is 1. The standard InChI is InChI=1S/C33H34ClF2N5O2/c34-27-10-23(42)9-26(29(27)18-2-3-18)30-19(13-37)8-25-24(31(30)36)11-28(39-32(25)40-15-21-4-5-22(16-40)38-21)43-17-33-6-1-7-41(33)14-20(35)12-33/h8-11,18,20-22,38,42H,1-7,12,14-17H2/t20-,21?,22?,33+/m1/s1. The third kappa shape index (κ3) is 4.61. The first kappa shape index (κ1) is 27.4. The molecule has 4 aliphatic heterocycles. The smallest absolute Gasteiger partial charge is 0.215 e. The van der Waals surface area contributed by atoms with E-state index in [0.29, 0.717) is 58.1 Å². The van der Waals surface area contributed by atoms with Crippen molar-refractivity contribution in [3.63, 3.8) is 0 Å². The largest absolute Gasteiger partial charge is 0.508 e. The van der Waals surface area contributed by atoms with E-state index >= 15 is 4.39 Å². The molecular formula is C33H34ClF2N5O2. The van der Waals surface area contributed by atoms with Crippen LogP contribution in [0.3, 0.4) is 0 Å². The van der Waals surface area contributed by atoms with Gasteiger partial charge < -0.3 is 20.1 Å². The molecule has 2 aromatic carbocycles. The molecule has 2 unspecified atom stereocenters. The van der Waals surface area contributed by atoms with E-state index in [9.17, 15) is 14.8 Å². The van der Waals surface area contributed by atoms with Gasteiger partial charge in [0.05, 0.1) is 17.2 Å². The minimum atomic E-state index is -0.875. The van der Waals surface area contributed by atoms with E-state index in [0.717, 1.165) is 63.7 Å². The Morgan fingerprint density at radius 1 is 1.12 bits per heavy atom. The molecule has 1 aromatic heterocycles. The van der Waals surface area contributed by atoms with Gasteiger partial charge in [-0.3, -0.25) is 4.90 Å². The van der Waals surface area contributed by atoms with Crippen LogP contribution in [0.15, 0.2) is 24.3 Å². The van der Waals surface area contributed by atoms with Crippen molar-refractivity contribution in [3.05, 3.63) is 46.2 Å². The van der Waals surface area contributed by atoms with Gasteiger partial charge in [-0.1, -0.05) is 11.6 Å². The van der Waals surface area contributed by atoms with Crippen molar-refractivity contribution in [2.45, 2.75) is 74.7 Å².